The summed E-state index contributed by atoms with van der Waals surface area (Å²) in [5.74, 6) is 0.624. The summed E-state index contributed by atoms with van der Waals surface area (Å²) in [6.45, 7) is 8.87. The highest BCUT2D eigenvalue weighted by atomic mass is 16.2. The fourth-order valence-corrected chi connectivity index (χ4v) is 2.10. The van der Waals surface area contributed by atoms with Crippen molar-refractivity contribution in [3.8, 4) is 0 Å². The SMILES string of the molecule is CCNCc1cnc(N2CCNC(=O)C2(C)C)nc1. The number of nitrogens with zero attached hydrogens (tertiary/aromatic N) is 3. The van der Waals surface area contributed by atoms with E-state index in [0.29, 0.717) is 12.5 Å². The van der Waals surface area contributed by atoms with E-state index in [-0.39, 0.29) is 5.91 Å². The van der Waals surface area contributed by atoms with Gasteiger partial charge >= 0.3 is 0 Å². The first-order chi connectivity index (χ1) is 9.05. The minimum atomic E-state index is -0.610. The molecule has 1 aromatic rings. The Kier molecular flexibility index (Phi) is 3.99. The maximum Gasteiger partial charge on any atom is 0.245 e. The summed E-state index contributed by atoms with van der Waals surface area (Å²) >= 11 is 0. The van der Waals surface area contributed by atoms with Gasteiger partial charge in [-0.3, -0.25) is 4.79 Å². The number of hydrogen-bond acceptors (Lipinski definition) is 5. The first-order valence-corrected chi connectivity index (χ1v) is 6.63. The Morgan fingerprint density at radius 3 is 2.74 bits per heavy atom. The molecule has 1 aliphatic rings. The van der Waals surface area contributed by atoms with Crippen LogP contribution in [0.25, 0.3) is 0 Å². The van der Waals surface area contributed by atoms with Crippen molar-refractivity contribution in [3.63, 3.8) is 0 Å². The first-order valence-electron chi connectivity index (χ1n) is 6.63. The fraction of sp³-hybridized carbons (Fsp3) is 0.615. The zero-order valence-corrected chi connectivity index (χ0v) is 11.7. The lowest BCUT2D eigenvalue weighted by molar-refractivity contribution is -0.126. The summed E-state index contributed by atoms with van der Waals surface area (Å²) in [5.41, 5.74) is 0.436. The molecule has 1 saturated heterocycles. The molecule has 0 spiro atoms. The fourth-order valence-electron chi connectivity index (χ4n) is 2.10. The van der Waals surface area contributed by atoms with Gasteiger partial charge in [-0.2, -0.15) is 0 Å². The molecule has 6 heteroatoms. The van der Waals surface area contributed by atoms with E-state index in [1.54, 1.807) is 0 Å². The molecule has 0 radical (unpaired) electrons. The maximum absolute atomic E-state index is 11.9. The highest BCUT2D eigenvalue weighted by Gasteiger charge is 2.38. The van der Waals surface area contributed by atoms with Gasteiger partial charge in [0.05, 0.1) is 0 Å². The van der Waals surface area contributed by atoms with Crippen LogP contribution in [-0.2, 0) is 11.3 Å². The van der Waals surface area contributed by atoms with Gasteiger partial charge in [-0.25, -0.2) is 9.97 Å². The Morgan fingerprint density at radius 1 is 1.42 bits per heavy atom. The summed E-state index contributed by atoms with van der Waals surface area (Å²) < 4.78 is 0. The third-order valence-electron chi connectivity index (χ3n) is 3.36. The van der Waals surface area contributed by atoms with Crippen LogP contribution < -0.4 is 15.5 Å². The normalized spacial score (nSPS) is 18.3. The van der Waals surface area contributed by atoms with E-state index < -0.39 is 5.54 Å². The van der Waals surface area contributed by atoms with E-state index in [1.165, 1.54) is 0 Å². The molecule has 1 aliphatic heterocycles. The molecule has 19 heavy (non-hydrogen) atoms. The molecule has 0 aliphatic carbocycles. The standard InChI is InChI=1S/C13H21N5O/c1-4-14-7-10-8-16-12(17-9-10)18-6-5-15-11(19)13(18,2)3/h8-9,14H,4-7H2,1-3H3,(H,15,19). The molecule has 0 bridgehead atoms. The minimum absolute atomic E-state index is 0.0130. The van der Waals surface area contributed by atoms with E-state index in [0.717, 1.165) is 25.2 Å². The Labute approximate surface area is 113 Å². The summed E-state index contributed by atoms with van der Waals surface area (Å²) in [5, 5.41) is 6.09. The summed E-state index contributed by atoms with van der Waals surface area (Å²) in [6, 6.07) is 0. The molecule has 2 N–H and O–H groups in total. The largest absolute Gasteiger partial charge is 0.352 e. The van der Waals surface area contributed by atoms with Gasteiger partial charge in [0.2, 0.25) is 11.9 Å². The van der Waals surface area contributed by atoms with Crippen LogP contribution in [0.4, 0.5) is 5.95 Å². The quantitative estimate of drug-likeness (QED) is 0.817. The summed E-state index contributed by atoms with van der Waals surface area (Å²) in [6.07, 6.45) is 3.63. The number of anilines is 1. The Morgan fingerprint density at radius 2 is 2.11 bits per heavy atom. The molecule has 0 atom stereocenters. The average molecular weight is 263 g/mol. The average Bonchev–Trinajstić information content (AvgIpc) is 2.40. The monoisotopic (exact) mass is 263 g/mol. The molecule has 2 rings (SSSR count). The highest BCUT2D eigenvalue weighted by Crippen LogP contribution is 2.22. The van der Waals surface area contributed by atoms with Crippen molar-refractivity contribution in [1.82, 2.24) is 20.6 Å². The van der Waals surface area contributed by atoms with Crippen molar-refractivity contribution in [3.05, 3.63) is 18.0 Å². The number of nitrogens with one attached hydrogen (secondary N) is 2. The highest BCUT2D eigenvalue weighted by molar-refractivity contribution is 5.89. The van der Waals surface area contributed by atoms with Gasteiger partial charge in [0.1, 0.15) is 5.54 Å². The Hall–Kier alpha value is -1.69. The second kappa shape index (κ2) is 5.52. The number of rotatable bonds is 4. The molecule has 0 saturated carbocycles. The van der Waals surface area contributed by atoms with Gasteiger partial charge in [0.15, 0.2) is 0 Å². The third kappa shape index (κ3) is 2.84. The third-order valence-corrected chi connectivity index (χ3v) is 3.36. The number of carbonyl (C=O) groups excluding carboxylic acids is 1. The number of hydrogen-bond donors (Lipinski definition) is 2. The lowest BCUT2D eigenvalue weighted by Gasteiger charge is -2.41. The molecule has 1 fully saturated rings. The predicted molar refractivity (Wildman–Crippen MR) is 73.8 cm³/mol. The van der Waals surface area contributed by atoms with Crippen LogP contribution in [0.15, 0.2) is 12.4 Å². The summed E-state index contributed by atoms with van der Waals surface area (Å²) in [4.78, 5) is 22.6. The first kappa shape index (κ1) is 13.7. The van der Waals surface area contributed by atoms with Gasteiger partial charge in [-0.05, 0) is 20.4 Å². The Balaban J connectivity index is 2.15. The maximum atomic E-state index is 11.9. The molecule has 2 heterocycles. The zero-order chi connectivity index (χ0) is 13.9. The van der Waals surface area contributed by atoms with E-state index in [4.69, 9.17) is 0 Å². The molecule has 6 nitrogen and oxygen atoms in total. The van der Waals surface area contributed by atoms with Crippen molar-refractivity contribution in [1.29, 1.82) is 0 Å². The Bertz CT molecular complexity index is 443. The van der Waals surface area contributed by atoms with E-state index >= 15 is 0 Å². The van der Waals surface area contributed by atoms with E-state index in [1.807, 2.05) is 31.1 Å². The van der Waals surface area contributed by atoms with Gasteiger partial charge < -0.3 is 15.5 Å². The number of piperazine rings is 1. The van der Waals surface area contributed by atoms with Crippen LogP contribution in [0.1, 0.15) is 26.3 Å². The molecule has 0 aromatic carbocycles. The molecular formula is C13H21N5O. The van der Waals surface area contributed by atoms with Gasteiger partial charge in [-0.1, -0.05) is 6.92 Å². The van der Waals surface area contributed by atoms with Crippen LogP contribution in [0, 0.1) is 0 Å². The van der Waals surface area contributed by atoms with Crippen LogP contribution in [-0.4, -0.2) is 41.0 Å². The lowest BCUT2D eigenvalue weighted by Crippen LogP contribution is -2.62. The van der Waals surface area contributed by atoms with E-state index in [2.05, 4.69) is 27.5 Å². The zero-order valence-electron chi connectivity index (χ0n) is 11.7. The second-order valence-electron chi connectivity index (χ2n) is 5.14. The topological polar surface area (TPSA) is 70.2 Å². The van der Waals surface area contributed by atoms with Crippen LogP contribution in [0.2, 0.25) is 0 Å². The van der Waals surface area contributed by atoms with Crippen molar-refractivity contribution in [2.45, 2.75) is 32.9 Å². The van der Waals surface area contributed by atoms with Crippen LogP contribution >= 0.6 is 0 Å². The summed E-state index contributed by atoms with van der Waals surface area (Å²) in [7, 11) is 0. The van der Waals surface area contributed by atoms with Crippen molar-refractivity contribution in [2.75, 3.05) is 24.5 Å². The van der Waals surface area contributed by atoms with Gasteiger partial charge in [0.25, 0.3) is 0 Å². The van der Waals surface area contributed by atoms with Crippen molar-refractivity contribution in [2.24, 2.45) is 0 Å². The molecule has 1 amide bonds. The van der Waals surface area contributed by atoms with Crippen LogP contribution in [0.5, 0.6) is 0 Å². The molecule has 104 valence electrons. The lowest BCUT2D eigenvalue weighted by atomic mass is 9.99. The molecule has 1 aromatic heterocycles. The minimum Gasteiger partial charge on any atom is -0.352 e. The van der Waals surface area contributed by atoms with Crippen molar-refractivity contribution < 1.29 is 4.79 Å². The smallest absolute Gasteiger partial charge is 0.245 e. The predicted octanol–water partition coefficient (Wildman–Crippen LogP) is 0.301. The molecular weight excluding hydrogens is 242 g/mol. The van der Waals surface area contributed by atoms with Gasteiger partial charge in [-0.15, -0.1) is 0 Å². The molecule has 0 unspecified atom stereocenters. The van der Waals surface area contributed by atoms with E-state index in [9.17, 15) is 4.79 Å². The number of carbonyl (C=O) groups is 1. The number of amides is 1. The van der Waals surface area contributed by atoms with Gasteiger partial charge in [0, 0.05) is 37.6 Å². The number of aromatic nitrogens is 2. The van der Waals surface area contributed by atoms with Crippen LogP contribution in [0.3, 0.4) is 0 Å². The second-order valence-corrected chi connectivity index (χ2v) is 5.14. The van der Waals surface area contributed by atoms with Crippen molar-refractivity contribution >= 4 is 11.9 Å².